The molecule has 0 aliphatic carbocycles. The van der Waals surface area contributed by atoms with E-state index >= 15 is 0 Å². The summed E-state index contributed by atoms with van der Waals surface area (Å²) >= 11 is 0. The summed E-state index contributed by atoms with van der Waals surface area (Å²) in [7, 11) is 3.67. The Morgan fingerprint density at radius 1 is 1.47 bits per heavy atom. The minimum Gasteiger partial charge on any atom is -0.387 e. The number of ether oxygens (including phenoxy) is 1. The average molecular weight is 263 g/mol. The molecule has 1 aliphatic rings. The molecule has 19 heavy (non-hydrogen) atoms. The Bertz CT molecular complexity index is 413. The van der Waals surface area contributed by atoms with Gasteiger partial charge in [0.25, 0.3) is 5.91 Å². The second-order valence-corrected chi connectivity index (χ2v) is 4.92. The zero-order chi connectivity index (χ0) is 13.7. The molecule has 2 heterocycles. The summed E-state index contributed by atoms with van der Waals surface area (Å²) in [5.74, 6) is 0.522. The maximum absolute atomic E-state index is 12.2. The molecule has 1 aromatic heterocycles. The van der Waals surface area contributed by atoms with Gasteiger partial charge in [-0.25, -0.2) is 4.98 Å². The number of nitrogens with one attached hydrogen (secondary N) is 1. The maximum Gasteiger partial charge on any atom is 0.272 e. The van der Waals surface area contributed by atoms with Crippen molar-refractivity contribution in [1.82, 2.24) is 9.88 Å². The van der Waals surface area contributed by atoms with Crippen molar-refractivity contribution in [2.24, 2.45) is 5.92 Å². The number of carbonyl (C=O) groups is 1. The SMILES string of the molecule is CNc1ccc(C(=O)N(C)CC2CCOCC2)nc1. The number of aromatic nitrogens is 1. The van der Waals surface area contributed by atoms with Gasteiger partial charge in [0, 0.05) is 33.9 Å². The zero-order valence-electron chi connectivity index (χ0n) is 11.6. The molecule has 1 aromatic rings. The smallest absolute Gasteiger partial charge is 0.272 e. The van der Waals surface area contributed by atoms with Crippen molar-refractivity contribution in [3.05, 3.63) is 24.0 Å². The fourth-order valence-corrected chi connectivity index (χ4v) is 2.26. The van der Waals surface area contributed by atoms with Crippen LogP contribution >= 0.6 is 0 Å². The largest absolute Gasteiger partial charge is 0.387 e. The monoisotopic (exact) mass is 263 g/mol. The van der Waals surface area contributed by atoms with Crippen molar-refractivity contribution in [1.29, 1.82) is 0 Å². The number of nitrogens with zero attached hydrogens (tertiary/aromatic N) is 2. The Morgan fingerprint density at radius 3 is 2.79 bits per heavy atom. The van der Waals surface area contributed by atoms with Crippen LogP contribution in [0.2, 0.25) is 0 Å². The number of carbonyl (C=O) groups excluding carboxylic acids is 1. The molecule has 0 aromatic carbocycles. The Labute approximate surface area is 114 Å². The standard InChI is InChI=1S/C14H21N3O2/c1-15-12-3-4-13(16-9-12)14(18)17(2)10-11-5-7-19-8-6-11/h3-4,9,11,15H,5-8,10H2,1-2H3. The molecule has 0 atom stereocenters. The summed E-state index contributed by atoms with van der Waals surface area (Å²) in [5.41, 5.74) is 1.40. The number of amides is 1. The first kappa shape index (κ1) is 13.8. The first-order valence-electron chi connectivity index (χ1n) is 6.67. The topological polar surface area (TPSA) is 54.5 Å². The van der Waals surface area contributed by atoms with Crippen molar-refractivity contribution in [3.8, 4) is 0 Å². The van der Waals surface area contributed by atoms with Crippen LogP contribution in [0.4, 0.5) is 5.69 Å². The van der Waals surface area contributed by atoms with E-state index in [1.807, 2.05) is 20.2 Å². The first-order valence-corrected chi connectivity index (χ1v) is 6.67. The summed E-state index contributed by atoms with van der Waals surface area (Å²) in [6.07, 6.45) is 3.74. The van der Waals surface area contributed by atoms with Crippen LogP contribution in [0.25, 0.3) is 0 Å². The van der Waals surface area contributed by atoms with E-state index in [1.54, 1.807) is 17.2 Å². The van der Waals surface area contributed by atoms with Crippen LogP contribution in [0, 0.1) is 5.92 Å². The van der Waals surface area contributed by atoms with E-state index in [2.05, 4.69) is 10.3 Å². The number of pyridine rings is 1. The lowest BCUT2D eigenvalue weighted by Gasteiger charge is -2.27. The van der Waals surface area contributed by atoms with E-state index in [1.165, 1.54) is 0 Å². The Balaban J connectivity index is 1.93. The number of hydrogen-bond acceptors (Lipinski definition) is 4. The van der Waals surface area contributed by atoms with E-state index in [4.69, 9.17) is 4.74 Å². The molecule has 2 rings (SSSR count). The molecule has 1 saturated heterocycles. The Morgan fingerprint density at radius 2 is 2.21 bits per heavy atom. The lowest BCUT2D eigenvalue weighted by Crippen LogP contribution is -2.34. The van der Waals surface area contributed by atoms with Gasteiger partial charge in [0.15, 0.2) is 0 Å². The quantitative estimate of drug-likeness (QED) is 0.897. The molecule has 5 nitrogen and oxygen atoms in total. The third-order valence-electron chi connectivity index (χ3n) is 3.49. The predicted octanol–water partition coefficient (Wildman–Crippen LogP) is 1.62. The molecule has 1 N–H and O–H groups in total. The minimum absolute atomic E-state index is 0.0193. The zero-order valence-corrected chi connectivity index (χ0v) is 11.6. The molecule has 1 fully saturated rings. The van der Waals surface area contributed by atoms with Crippen LogP contribution in [0.1, 0.15) is 23.3 Å². The van der Waals surface area contributed by atoms with Gasteiger partial charge in [0.1, 0.15) is 5.69 Å². The van der Waals surface area contributed by atoms with Gasteiger partial charge in [-0.2, -0.15) is 0 Å². The van der Waals surface area contributed by atoms with Crippen molar-refractivity contribution >= 4 is 11.6 Å². The van der Waals surface area contributed by atoms with Gasteiger partial charge in [-0.15, -0.1) is 0 Å². The van der Waals surface area contributed by atoms with Crippen molar-refractivity contribution in [2.75, 3.05) is 39.2 Å². The lowest BCUT2D eigenvalue weighted by atomic mass is 10.00. The second-order valence-electron chi connectivity index (χ2n) is 4.92. The van der Waals surface area contributed by atoms with E-state index in [0.717, 1.165) is 38.3 Å². The lowest BCUT2D eigenvalue weighted by molar-refractivity contribution is 0.0495. The molecule has 104 valence electrons. The molecular formula is C14H21N3O2. The number of rotatable bonds is 4. The maximum atomic E-state index is 12.2. The number of anilines is 1. The van der Waals surface area contributed by atoms with Gasteiger partial charge < -0.3 is 15.0 Å². The molecule has 0 spiro atoms. The van der Waals surface area contributed by atoms with Crippen LogP contribution in [0.3, 0.4) is 0 Å². The molecule has 0 radical (unpaired) electrons. The van der Waals surface area contributed by atoms with Gasteiger partial charge in [-0.05, 0) is 30.9 Å². The van der Waals surface area contributed by atoms with Crippen LogP contribution in [-0.4, -0.2) is 49.6 Å². The Kier molecular flexibility index (Phi) is 4.74. The van der Waals surface area contributed by atoms with Crippen LogP contribution in [-0.2, 0) is 4.74 Å². The first-order chi connectivity index (χ1) is 9.20. The van der Waals surface area contributed by atoms with E-state index in [0.29, 0.717) is 11.6 Å². The summed E-state index contributed by atoms with van der Waals surface area (Å²) in [6, 6.07) is 3.62. The molecule has 0 bridgehead atoms. The van der Waals surface area contributed by atoms with Crippen LogP contribution < -0.4 is 5.32 Å². The van der Waals surface area contributed by atoms with Gasteiger partial charge in [0.05, 0.1) is 11.9 Å². The highest BCUT2D eigenvalue weighted by Crippen LogP contribution is 2.16. The van der Waals surface area contributed by atoms with Crippen LogP contribution in [0.15, 0.2) is 18.3 Å². The summed E-state index contributed by atoms with van der Waals surface area (Å²) in [4.78, 5) is 18.2. The molecule has 1 aliphatic heterocycles. The second kappa shape index (κ2) is 6.52. The third kappa shape index (κ3) is 3.67. The van der Waals surface area contributed by atoms with Gasteiger partial charge >= 0.3 is 0 Å². The number of hydrogen-bond donors (Lipinski definition) is 1. The highest BCUT2D eigenvalue weighted by Gasteiger charge is 2.20. The average Bonchev–Trinajstić information content (AvgIpc) is 2.47. The van der Waals surface area contributed by atoms with Gasteiger partial charge in [-0.1, -0.05) is 0 Å². The highest BCUT2D eigenvalue weighted by atomic mass is 16.5. The molecule has 1 amide bonds. The Hall–Kier alpha value is -1.62. The highest BCUT2D eigenvalue weighted by molar-refractivity contribution is 5.92. The van der Waals surface area contributed by atoms with Crippen molar-refractivity contribution in [3.63, 3.8) is 0 Å². The third-order valence-corrected chi connectivity index (χ3v) is 3.49. The molecular weight excluding hydrogens is 242 g/mol. The van der Waals surface area contributed by atoms with Crippen molar-refractivity contribution in [2.45, 2.75) is 12.8 Å². The molecule has 0 saturated carbocycles. The van der Waals surface area contributed by atoms with Gasteiger partial charge in [-0.3, -0.25) is 4.79 Å². The van der Waals surface area contributed by atoms with Gasteiger partial charge in [0.2, 0.25) is 0 Å². The van der Waals surface area contributed by atoms with E-state index in [9.17, 15) is 4.79 Å². The summed E-state index contributed by atoms with van der Waals surface area (Å²) in [6.45, 7) is 2.39. The minimum atomic E-state index is -0.0193. The summed E-state index contributed by atoms with van der Waals surface area (Å²) < 4.78 is 5.33. The van der Waals surface area contributed by atoms with E-state index < -0.39 is 0 Å². The normalized spacial score (nSPS) is 16.1. The van der Waals surface area contributed by atoms with Crippen molar-refractivity contribution < 1.29 is 9.53 Å². The fraction of sp³-hybridized carbons (Fsp3) is 0.571. The fourth-order valence-electron chi connectivity index (χ4n) is 2.26. The van der Waals surface area contributed by atoms with E-state index in [-0.39, 0.29) is 5.91 Å². The molecule has 0 unspecified atom stereocenters. The van der Waals surface area contributed by atoms with Crippen LogP contribution in [0.5, 0.6) is 0 Å². The summed E-state index contributed by atoms with van der Waals surface area (Å²) in [5, 5.41) is 2.99. The predicted molar refractivity (Wildman–Crippen MR) is 74.3 cm³/mol. The molecule has 5 heteroatoms.